The van der Waals surface area contributed by atoms with Crippen LogP contribution in [0.3, 0.4) is 0 Å². The van der Waals surface area contributed by atoms with Gasteiger partial charge >= 0.3 is 5.97 Å². The van der Waals surface area contributed by atoms with Crippen LogP contribution in [0.2, 0.25) is 0 Å². The highest BCUT2D eigenvalue weighted by Crippen LogP contribution is 2.27. The molecule has 150 valence electrons. The van der Waals surface area contributed by atoms with E-state index in [4.69, 9.17) is 5.11 Å². The lowest BCUT2D eigenvalue weighted by Gasteiger charge is -2.27. The van der Waals surface area contributed by atoms with Gasteiger partial charge in [-0.2, -0.15) is 5.10 Å². The van der Waals surface area contributed by atoms with Crippen LogP contribution in [0.1, 0.15) is 36.8 Å². The van der Waals surface area contributed by atoms with Gasteiger partial charge < -0.3 is 10.4 Å². The Balaban J connectivity index is 1.40. The van der Waals surface area contributed by atoms with E-state index >= 15 is 0 Å². The Morgan fingerprint density at radius 2 is 1.79 bits per heavy atom. The van der Waals surface area contributed by atoms with Crippen LogP contribution in [0, 0.1) is 5.92 Å². The van der Waals surface area contributed by atoms with Crippen molar-refractivity contribution in [3.05, 3.63) is 78.1 Å². The molecule has 1 aliphatic carbocycles. The normalized spacial score (nSPS) is 19.2. The summed E-state index contributed by atoms with van der Waals surface area (Å²) >= 11 is 0. The molecule has 1 fully saturated rings. The third kappa shape index (κ3) is 4.93. The van der Waals surface area contributed by atoms with Gasteiger partial charge in [0.25, 0.3) is 0 Å². The maximum Gasteiger partial charge on any atom is 0.306 e. The summed E-state index contributed by atoms with van der Waals surface area (Å²) in [6.45, 7) is 1.57. The van der Waals surface area contributed by atoms with Crippen LogP contribution >= 0.6 is 0 Å². The van der Waals surface area contributed by atoms with E-state index in [2.05, 4.69) is 58.9 Å². The van der Waals surface area contributed by atoms with E-state index in [9.17, 15) is 4.79 Å². The fraction of sp³-hybridized carbons (Fsp3) is 0.333. The van der Waals surface area contributed by atoms with Crippen LogP contribution in [0.5, 0.6) is 0 Å². The molecule has 5 nitrogen and oxygen atoms in total. The first-order chi connectivity index (χ1) is 14.2. The Bertz CT molecular complexity index is 927. The smallest absolute Gasteiger partial charge is 0.306 e. The molecule has 1 saturated carbocycles. The number of carboxylic acid groups (broad SMARTS) is 1. The van der Waals surface area contributed by atoms with Crippen molar-refractivity contribution in [2.45, 2.75) is 44.8 Å². The Morgan fingerprint density at radius 1 is 1.03 bits per heavy atom. The van der Waals surface area contributed by atoms with Crippen LogP contribution in [-0.4, -0.2) is 26.9 Å². The molecular formula is C24H27N3O2. The Labute approximate surface area is 171 Å². The van der Waals surface area contributed by atoms with Gasteiger partial charge in [-0.3, -0.25) is 9.48 Å². The highest BCUT2D eigenvalue weighted by molar-refractivity contribution is 5.70. The molecule has 1 aromatic heterocycles. The summed E-state index contributed by atoms with van der Waals surface area (Å²) in [6, 6.07) is 19.5. The van der Waals surface area contributed by atoms with Crippen molar-refractivity contribution in [1.82, 2.24) is 15.1 Å². The molecule has 1 heterocycles. The molecule has 0 bridgehead atoms. The first-order valence-corrected chi connectivity index (χ1v) is 10.3. The molecule has 0 amide bonds. The average Bonchev–Trinajstić information content (AvgIpc) is 3.26. The van der Waals surface area contributed by atoms with Gasteiger partial charge in [0.05, 0.1) is 12.5 Å². The largest absolute Gasteiger partial charge is 0.481 e. The zero-order chi connectivity index (χ0) is 20.1. The number of carboxylic acids is 1. The van der Waals surface area contributed by atoms with E-state index in [1.807, 2.05) is 16.9 Å². The number of nitrogens with zero attached hydrogens (tertiary/aromatic N) is 2. The topological polar surface area (TPSA) is 67.2 Å². The standard InChI is InChI=1S/C24H27N3O2/c28-24(29)20-10-12-22(13-11-20)25-16-21-4-1-2-5-23(21)19-8-6-18(7-9-19)17-27-15-3-14-26-27/h1-9,14-15,20,22,25H,10-13,16-17H2,(H,28,29). The lowest BCUT2D eigenvalue weighted by atomic mass is 9.86. The monoisotopic (exact) mass is 389 g/mol. The van der Waals surface area contributed by atoms with Crippen molar-refractivity contribution >= 4 is 5.97 Å². The lowest BCUT2D eigenvalue weighted by Crippen LogP contribution is -2.34. The van der Waals surface area contributed by atoms with Gasteiger partial charge in [0.1, 0.15) is 0 Å². The number of nitrogens with one attached hydrogen (secondary N) is 1. The fourth-order valence-corrected chi connectivity index (χ4v) is 4.13. The maximum absolute atomic E-state index is 11.1. The maximum atomic E-state index is 11.1. The highest BCUT2D eigenvalue weighted by atomic mass is 16.4. The predicted molar refractivity (Wildman–Crippen MR) is 113 cm³/mol. The molecular weight excluding hydrogens is 362 g/mol. The number of aromatic nitrogens is 2. The molecule has 2 aromatic carbocycles. The van der Waals surface area contributed by atoms with Gasteiger partial charge in [0, 0.05) is 25.0 Å². The van der Waals surface area contributed by atoms with Gasteiger partial charge in [0.15, 0.2) is 0 Å². The summed E-state index contributed by atoms with van der Waals surface area (Å²) in [5, 5.41) is 17.1. The van der Waals surface area contributed by atoms with Crippen molar-refractivity contribution in [2.24, 2.45) is 5.92 Å². The minimum atomic E-state index is -0.648. The van der Waals surface area contributed by atoms with Crippen LogP contribution in [0.25, 0.3) is 11.1 Å². The quantitative estimate of drug-likeness (QED) is 0.631. The van der Waals surface area contributed by atoms with Crippen LogP contribution < -0.4 is 5.32 Å². The summed E-state index contributed by atoms with van der Waals surface area (Å²) in [7, 11) is 0. The van der Waals surface area contributed by atoms with Crippen LogP contribution in [0.4, 0.5) is 0 Å². The number of carbonyl (C=O) groups is 1. The van der Waals surface area contributed by atoms with Gasteiger partial charge in [-0.1, -0.05) is 48.5 Å². The van der Waals surface area contributed by atoms with E-state index < -0.39 is 5.97 Å². The molecule has 0 saturated heterocycles. The second kappa shape index (κ2) is 9.05. The predicted octanol–water partition coefficient (Wildman–Crippen LogP) is 4.33. The molecule has 5 heteroatoms. The van der Waals surface area contributed by atoms with Gasteiger partial charge in [-0.15, -0.1) is 0 Å². The molecule has 4 rings (SSSR count). The second-order valence-corrected chi connectivity index (χ2v) is 7.83. The molecule has 0 aliphatic heterocycles. The second-order valence-electron chi connectivity index (χ2n) is 7.83. The molecule has 1 aliphatic rings. The summed E-state index contributed by atoms with van der Waals surface area (Å²) in [4.78, 5) is 11.1. The minimum Gasteiger partial charge on any atom is -0.481 e. The van der Waals surface area contributed by atoms with Crippen LogP contribution in [-0.2, 0) is 17.9 Å². The Hall–Kier alpha value is -2.92. The first kappa shape index (κ1) is 19.4. The number of hydrogen-bond acceptors (Lipinski definition) is 3. The van der Waals surface area contributed by atoms with Gasteiger partial charge in [0.2, 0.25) is 0 Å². The summed E-state index contributed by atoms with van der Waals surface area (Å²) in [6.07, 6.45) is 7.17. The average molecular weight is 389 g/mol. The summed E-state index contributed by atoms with van der Waals surface area (Å²) < 4.78 is 1.92. The Morgan fingerprint density at radius 3 is 2.48 bits per heavy atom. The summed E-state index contributed by atoms with van der Waals surface area (Å²) in [5.74, 6) is -0.814. The van der Waals surface area contributed by atoms with E-state index in [1.54, 1.807) is 6.20 Å². The zero-order valence-corrected chi connectivity index (χ0v) is 16.5. The number of hydrogen-bond donors (Lipinski definition) is 2. The number of aliphatic carboxylic acids is 1. The lowest BCUT2D eigenvalue weighted by molar-refractivity contribution is -0.142. The van der Waals surface area contributed by atoms with E-state index in [-0.39, 0.29) is 5.92 Å². The zero-order valence-electron chi connectivity index (χ0n) is 16.5. The molecule has 29 heavy (non-hydrogen) atoms. The van der Waals surface area contributed by atoms with E-state index in [0.29, 0.717) is 6.04 Å². The Kier molecular flexibility index (Phi) is 6.06. The minimum absolute atomic E-state index is 0.166. The van der Waals surface area contributed by atoms with Gasteiger partial charge in [-0.05, 0) is 54.0 Å². The highest BCUT2D eigenvalue weighted by Gasteiger charge is 2.25. The fourth-order valence-electron chi connectivity index (χ4n) is 4.13. The molecule has 0 unspecified atom stereocenters. The van der Waals surface area contributed by atoms with Crippen LogP contribution in [0.15, 0.2) is 67.0 Å². The molecule has 2 N–H and O–H groups in total. The third-order valence-electron chi connectivity index (χ3n) is 5.84. The molecule has 0 radical (unpaired) electrons. The number of benzene rings is 2. The number of rotatable bonds is 7. The third-order valence-corrected chi connectivity index (χ3v) is 5.84. The first-order valence-electron chi connectivity index (χ1n) is 10.3. The van der Waals surface area contributed by atoms with Crippen molar-refractivity contribution < 1.29 is 9.90 Å². The molecule has 3 aromatic rings. The summed E-state index contributed by atoms with van der Waals surface area (Å²) in [5.41, 5.74) is 4.95. The van der Waals surface area contributed by atoms with Gasteiger partial charge in [-0.25, -0.2) is 0 Å². The SMILES string of the molecule is O=C(O)C1CCC(NCc2ccccc2-c2ccc(Cn3cccn3)cc2)CC1. The van der Waals surface area contributed by atoms with Crippen molar-refractivity contribution in [2.75, 3.05) is 0 Å². The molecule has 0 spiro atoms. The van der Waals surface area contributed by atoms with Crippen molar-refractivity contribution in [3.63, 3.8) is 0 Å². The van der Waals surface area contributed by atoms with E-state index in [1.165, 1.54) is 22.3 Å². The molecule has 0 atom stereocenters. The van der Waals surface area contributed by atoms with E-state index in [0.717, 1.165) is 38.8 Å². The van der Waals surface area contributed by atoms with Crippen molar-refractivity contribution in [3.8, 4) is 11.1 Å². The van der Waals surface area contributed by atoms with Crippen molar-refractivity contribution in [1.29, 1.82) is 0 Å².